The number of nitrogen functional groups attached to an aromatic ring is 1. The maximum Gasteiger partial charge on any atom is 0.276 e. The van der Waals surface area contributed by atoms with Gasteiger partial charge in [0.1, 0.15) is 0 Å². The summed E-state index contributed by atoms with van der Waals surface area (Å²) < 4.78 is 0. The topological polar surface area (TPSA) is 104 Å². The molecule has 1 aromatic rings. The van der Waals surface area contributed by atoms with Gasteiger partial charge in [0.25, 0.3) is 5.91 Å². The van der Waals surface area contributed by atoms with Gasteiger partial charge in [0.15, 0.2) is 5.69 Å². The van der Waals surface area contributed by atoms with Crippen LogP contribution in [0, 0.1) is 0 Å². The van der Waals surface area contributed by atoms with Crippen molar-refractivity contribution >= 4 is 17.5 Å². The van der Waals surface area contributed by atoms with E-state index in [0.717, 1.165) is 5.69 Å². The molecule has 0 radical (unpaired) electrons. The number of aromatic nitrogens is 2. The number of nitrogens with one attached hydrogen (secondary N) is 2. The van der Waals surface area contributed by atoms with Crippen LogP contribution >= 0.6 is 0 Å². The van der Waals surface area contributed by atoms with E-state index >= 15 is 0 Å². The van der Waals surface area contributed by atoms with Crippen molar-refractivity contribution in [3.63, 3.8) is 0 Å². The average Bonchev–Trinajstić information content (AvgIpc) is 2.77. The van der Waals surface area contributed by atoms with E-state index in [-0.39, 0.29) is 30.0 Å². The monoisotopic (exact) mass is 281 g/mol. The van der Waals surface area contributed by atoms with Crippen LogP contribution in [0.25, 0.3) is 0 Å². The molecule has 0 unspecified atom stereocenters. The summed E-state index contributed by atoms with van der Waals surface area (Å²) in [4.78, 5) is 25.4. The van der Waals surface area contributed by atoms with Crippen LogP contribution in [0.1, 0.15) is 49.8 Å². The zero-order valence-electron chi connectivity index (χ0n) is 12.5. The highest BCUT2D eigenvalue weighted by Gasteiger charge is 2.24. The lowest BCUT2D eigenvalue weighted by atomic mass is 10.1. The van der Waals surface area contributed by atoms with Crippen LogP contribution in [0.4, 0.5) is 5.69 Å². The molecule has 0 aliphatic rings. The maximum atomic E-state index is 12.4. The smallest absolute Gasteiger partial charge is 0.276 e. The van der Waals surface area contributed by atoms with Crippen LogP contribution in [0.15, 0.2) is 0 Å². The number of carbonyl (C=O) groups is 2. The number of aromatic amines is 1. The first-order chi connectivity index (χ1) is 9.42. The quantitative estimate of drug-likeness (QED) is 0.714. The fourth-order valence-corrected chi connectivity index (χ4v) is 1.87. The Morgan fingerprint density at radius 1 is 1.40 bits per heavy atom. The summed E-state index contributed by atoms with van der Waals surface area (Å²) in [5.74, 6) is -0.372. The summed E-state index contributed by atoms with van der Waals surface area (Å²) in [5.41, 5.74) is 7.22. The zero-order chi connectivity index (χ0) is 15.3. The second kappa shape index (κ2) is 6.93. The van der Waals surface area contributed by atoms with Crippen molar-refractivity contribution in [2.45, 2.75) is 33.6 Å². The number of H-pyrrole nitrogens is 1. The van der Waals surface area contributed by atoms with E-state index in [1.807, 2.05) is 27.7 Å². The molecule has 0 aromatic carbocycles. The van der Waals surface area contributed by atoms with Crippen molar-refractivity contribution < 1.29 is 9.59 Å². The molecule has 0 saturated heterocycles. The van der Waals surface area contributed by atoms with E-state index in [9.17, 15) is 9.59 Å². The van der Waals surface area contributed by atoms with Gasteiger partial charge < -0.3 is 16.0 Å². The zero-order valence-corrected chi connectivity index (χ0v) is 12.5. The maximum absolute atomic E-state index is 12.4. The van der Waals surface area contributed by atoms with Crippen molar-refractivity contribution in [2.75, 3.05) is 25.4 Å². The molecular formula is C13H23N5O2. The van der Waals surface area contributed by atoms with E-state index < -0.39 is 0 Å². The Bertz CT molecular complexity index is 481. The minimum atomic E-state index is -0.334. The number of carbonyl (C=O) groups excluding carboxylic acids is 2. The van der Waals surface area contributed by atoms with Crippen LogP contribution in [-0.4, -0.2) is 46.5 Å². The molecule has 112 valence electrons. The Hall–Kier alpha value is -2.05. The van der Waals surface area contributed by atoms with E-state index in [4.69, 9.17) is 5.73 Å². The van der Waals surface area contributed by atoms with Gasteiger partial charge in [-0.05, 0) is 19.8 Å². The summed E-state index contributed by atoms with van der Waals surface area (Å²) in [6.07, 6.45) is 0. The van der Waals surface area contributed by atoms with E-state index in [0.29, 0.717) is 18.8 Å². The van der Waals surface area contributed by atoms with E-state index in [1.165, 1.54) is 4.90 Å². The van der Waals surface area contributed by atoms with Gasteiger partial charge in [0, 0.05) is 13.1 Å². The lowest BCUT2D eigenvalue weighted by Crippen LogP contribution is -2.40. The van der Waals surface area contributed by atoms with Gasteiger partial charge in [0.05, 0.1) is 17.9 Å². The van der Waals surface area contributed by atoms with Gasteiger partial charge in [0.2, 0.25) is 5.91 Å². The molecule has 1 heterocycles. The first kappa shape index (κ1) is 16.0. The molecule has 20 heavy (non-hydrogen) atoms. The van der Waals surface area contributed by atoms with Gasteiger partial charge in [-0.1, -0.05) is 13.8 Å². The Balaban J connectivity index is 2.89. The van der Waals surface area contributed by atoms with Crippen molar-refractivity contribution in [1.29, 1.82) is 0 Å². The molecule has 0 atom stereocenters. The highest BCUT2D eigenvalue weighted by molar-refractivity contribution is 5.99. The van der Waals surface area contributed by atoms with E-state index in [2.05, 4.69) is 15.5 Å². The molecule has 0 spiro atoms. The number of amides is 2. The Labute approximate surface area is 118 Å². The predicted octanol–water partition coefficient (Wildman–Crippen LogP) is 0.713. The second-order valence-corrected chi connectivity index (χ2v) is 4.83. The van der Waals surface area contributed by atoms with Crippen LogP contribution in [0.3, 0.4) is 0 Å². The van der Waals surface area contributed by atoms with Crippen LogP contribution in [0.2, 0.25) is 0 Å². The minimum Gasteiger partial charge on any atom is -0.395 e. The van der Waals surface area contributed by atoms with Gasteiger partial charge in [-0.25, -0.2) is 0 Å². The number of nitrogens with two attached hydrogens (primary N) is 1. The Morgan fingerprint density at radius 2 is 2.05 bits per heavy atom. The summed E-state index contributed by atoms with van der Waals surface area (Å²) >= 11 is 0. The van der Waals surface area contributed by atoms with Crippen molar-refractivity contribution in [3.05, 3.63) is 11.4 Å². The van der Waals surface area contributed by atoms with Crippen molar-refractivity contribution in [3.8, 4) is 0 Å². The van der Waals surface area contributed by atoms with Gasteiger partial charge in [-0.3, -0.25) is 14.7 Å². The first-order valence-corrected chi connectivity index (χ1v) is 6.81. The molecule has 7 nitrogen and oxygen atoms in total. The molecule has 7 heteroatoms. The predicted molar refractivity (Wildman–Crippen MR) is 77.4 cm³/mol. The fraction of sp³-hybridized carbons (Fsp3) is 0.615. The third-order valence-electron chi connectivity index (χ3n) is 2.99. The normalized spacial score (nSPS) is 10.7. The van der Waals surface area contributed by atoms with Crippen molar-refractivity contribution in [2.24, 2.45) is 0 Å². The standard InChI is InChI=1S/C13H23N5O2/c1-5-15-9(19)7-18(6-2)13(20)12-10(14)11(8(3)4)16-17-12/h8H,5-7,14H2,1-4H3,(H,15,19)(H,16,17). The molecule has 0 aliphatic carbocycles. The number of nitrogens with zero attached hydrogens (tertiary/aromatic N) is 2. The minimum absolute atomic E-state index is 0.00643. The number of likely N-dealkylation sites (N-methyl/N-ethyl adjacent to an activating group) is 2. The molecule has 1 aromatic heterocycles. The average molecular weight is 281 g/mol. The van der Waals surface area contributed by atoms with Crippen LogP contribution < -0.4 is 11.1 Å². The number of rotatable bonds is 6. The SMILES string of the molecule is CCNC(=O)CN(CC)C(=O)c1n[nH]c(C(C)C)c1N. The molecule has 0 saturated carbocycles. The first-order valence-electron chi connectivity index (χ1n) is 6.81. The summed E-state index contributed by atoms with van der Waals surface area (Å²) in [6, 6.07) is 0. The molecule has 2 amide bonds. The molecule has 0 bridgehead atoms. The molecule has 4 N–H and O–H groups in total. The highest BCUT2D eigenvalue weighted by Crippen LogP contribution is 2.22. The molecular weight excluding hydrogens is 258 g/mol. The fourth-order valence-electron chi connectivity index (χ4n) is 1.87. The lowest BCUT2D eigenvalue weighted by molar-refractivity contribution is -0.121. The molecule has 1 rings (SSSR count). The number of anilines is 1. The van der Waals surface area contributed by atoms with Gasteiger partial charge >= 0.3 is 0 Å². The highest BCUT2D eigenvalue weighted by atomic mass is 16.2. The summed E-state index contributed by atoms with van der Waals surface area (Å²) in [7, 11) is 0. The van der Waals surface area contributed by atoms with Gasteiger partial charge in [-0.2, -0.15) is 5.10 Å². The van der Waals surface area contributed by atoms with E-state index in [1.54, 1.807) is 0 Å². The summed E-state index contributed by atoms with van der Waals surface area (Å²) in [5, 5.41) is 9.44. The van der Waals surface area contributed by atoms with Gasteiger partial charge in [-0.15, -0.1) is 0 Å². The van der Waals surface area contributed by atoms with Crippen LogP contribution in [-0.2, 0) is 4.79 Å². The third kappa shape index (κ3) is 3.49. The second-order valence-electron chi connectivity index (χ2n) is 4.83. The Kier molecular flexibility index (Phi) is 5.54. The summed E-state index contributed by atoms with van der Waals surface area (Å²) in [6.45, 7) is 8.52. The molecule has 0 aliphatic heterocycles. The number of hydrogen-bond acceptors (Lipinski definition) is 4. The van der Waals surface area contributed by atoms with Crippen LogP contribution in [0.5, 0.6) is 0 Å². The molecule has 0 fully saturated rings. The van der Waals surface area contributed by atoms with Crippen molar-refractivity contribution in [1.82, 2.24) is 20.4 Å². The number of hydrogen-bond donors (Lipinski definition) is 3. The third-order valence-corrected chi connectivity index (χ3v) is 2.99. The largest absolute Gasteiger partial charge is 0.395 e. The Morgan fingerprint density at radius 3 is 2.50 bits per heavy atom. The lowest BCUT2D eigenvalue weighted by Gasteiger charge is -2.19.